The molecule has 1 aliphatic heterocycles. The number of anilines is 2. The third kappa shape index (κ3) is 4.13. The molecule has 2 heterocycles. The number of nitrogens with one attached hydrogen (secondary N) is 1. The molecule has 0 saturated carbocycles. The molecule has 1 aromatic heterocycles. The zero-order valence-electron chi connectivity index (χ0n) is 13.8. The van der Waals surface area contributed by atoms with Crippen molar-refractivity contribution in [3.05, 3.63) is 35.4 Å². The lowest BCUT2D eigenvalue weighted by atomic mass is 10.1. The Hall–Kier alpha value is -2.06. The van der Waals surface area contributed by atoms with Crippen molar-refractivity contribution < 1.29 is 13.2 Å². The molecule has 0 aliphatic carbocycles. The Morgan fingerprint density at radius 2 is 1.88 bits per heavy atom. The maximum atomic E-state index is 12.5. The topological polar surface area (TPSA) is 84.4 Å². The SMILES string of the molecule is COc1ccc(S(=O)(=O)Nc2ccc(N3CCCCC3)nn2)cc1Cl. The summed E-state index contributed by atoms with van der Waals surface area (Å²) in [7, 11) is -2.34. The van der Waals surface area contributed by atoms with E-state index in [1.165, 1.54) is 31.7 Å². The van der Waals surface area contributed by atoms with E-state index < -0.39 is 10.0 Å². The van der Waals surface area contributed by atoms with Crippen LogP contribution in [0.3, 0.4) is 0 Å². The Balaban J connectivity index is 1.75. The standard InChI is InChI=1S/C16H19ClN4O3S/c1-24-14-6-5-12(11-13(14)17)25(22,23)20-15-7-8-16(19-18-15)21-9-3-2-4-10-21/h5-8,11H,2-4,9-10H2,1H3,(H,18,20). The van der Waals surface area contributed by atoms with Crippen molar-refractivity contribution in [3.8, 4) is 5.75 Å². The van der Waals surface area contributed by atoms with Crippen molar-refractivity contribution in [3.63, 3.8) is 0 Å². The number of methoxy groups -OCH3 is 1. The van der Waals surface area contributed by atoms with E-state index >= 15 is 0 Å². The number of nitrogens with zero attached hydrogens (tertiary/aromatic N) is 3. The number of hydrogen-bond donors (Lipinski definition) is 1. The molecule has 0 radical (unpaired) electrons. The van der Waals surface area contributed by atoms with Gasteiger partial charge in [-0.3, -0.25) is 4.72 Å². The Morgan fingerprint density at radius 1 is 1.12 bits per heavy atom. The van der Waals surface area contributed by atoms with Crippen LogP contribution in [0.1, 0.15) is 19.3 Å². The molecule has 3 rings (SSSR count). The van der Waals surface area contributed by atoms with Gasteiger partial charge in [0.05, 0.1) is 17.0 Å². The van der Waals surface area contributed by atoms with Crippen LogP contribution in [0.25, 0.3) is 0 Å². The monoisotopic (exact) mass is 382 g/mol. The second-order valence-electron chi connectivity index (χ2n) is 5.73. The Kier molecular flexibility index (Phi) is 5.29. The summed E-state index contributed by atoms with van der Waals surface area (Å²) in [6.45, 7) is 1.90. The van der Waals surface area contributed by atoms with Crippen LogP contribution in [0.2, 0.25) is 5.02 Å². The fourth-order valence-electron chi connectivity index (χ4n) is 2.68. The third-order valence-electron chi connectivity index (χ3n) is 4.00. The van der Waals surface area contributed by atoms with Gasteiger partial charge in [-0.2, -0.15) is 0 Å². The van der Waals surface area contributed by atoms with Gasteiger partial charge in [0.25, 0.3) is 10.0 Å². The number of ether oxygens (including phenoxy) is 1. The Labute approximate surface area is 152 Å². The first-order valence-electron chi connectivity index (χ1n) is 7.94. The van der Waals surface area contributed by atoms with E-state index in [1.54, 1.807) is 12.1 Å². The van der Waals surface area contributed by atoms with Crippen molar-refractivity contribution in [2.75, 3.05) is 29.8 Å². The van der Waals surface area contributed by atoms with Crippen LogP contribution in [-0.2, 0) is 10.0 Å². The highest BCUT2D eigenvalue weighted by molar-refractivity contribution is 7.92. The summed E-state index contributed by atoms with van der Waals surface area (Å²) < 4.78 is 32.3. The normalized spacial score (nSPS) is 15.0. The van der Waals surface area contributed by atoms with E-state index in [4.69, 9.17) is 16.3 Å². The van der Waals surface area contributed by atoms with Crippen molar-refractivity contribution in [1.82, 2.24) is 10.2 Å². The number of hydrogen-bond acceptors (Lipinski definition) is 6. The molecule has 0 amide bonds. The molecule has 7 nitrogen and oxygen atoms in total. The number of aromatic nitrogens is 2. The van der Waals surface area contributed by atoms with Crippen LogP contribution < -0.4 is 14.4 Å². The molecule has 1 N–H and O–H groups in total. The van der Waals surface area contributed by atoms with Crippen molar-refractivity contribution in [2.24, 2.45) is 0 Å². The number of rotatable bonds is 5. The molecule has 25 heavy (non-hydrogen) atoms. The fraction of sp³-hybridized carbons (Fsp3) is 0.375. The predicted octanol–water partition coefficient (Wildman–Crippen LogP) is 2.93. The molecule has 1 saturated heterocycles. The van der Waals surface area contributed by atoms with Crippen molar-refractivity contribution in [2.45, 2.75) is 24.2 Å². The molecule has 134 valence electrons. The summed E-state index contributed by atoms with van der Waals surface area (Å²) in [5.74, 6) is 1.33. The molecule has 1 fully saturated rings. The van der Waals surface area contributed by atoms with Crippen LogP contribution in [-0.4, -0.2) is 38.8 Å². The zero-order chi connectivity index (χ0) is 17.9. The lowest BCUT2D eigenvalue weighted by Crippen LogP contribution is -2.30. The summed E-state index contributed by atoms with van der Waals surface area (Å²) >= 11 is 5.99. The summed E-state index contributed by atoms with van der Waals surface area (Å²) in [6, 6.07) is 7.64. The molecule has 1 aromatic carbocycles. The summed E-state index contributed by atoms with van der Waals surface area (Å²) in [5, 5.41) is 8.33. The van der Waals surface area contributed by atoms with Gasteiger partial charge in [0.15, 0.2) is 11.6 Å². The van der Waals surface area contributed by atoms with Crippen molar-refractivity contribution in [1.29, 1.82) is 0 Å². The highest BCUT2D eigenvalue weighted by Crippen LogP contribution is 2.27. The molecular weight excluding hydrogens is 364 g/mol. The molecule has 0 unspecified atom stereocenters. The maximum absolute atomic E-state index is 12.5. The van der Waals surface area contributed by atoms with Crippen molar-refractivity contribution >= 4 is 33.3 Å². The summed E-state index contributed by atoms with van der Waals surface area (Å²) in [5.41, 5.74) is 0. The molecule has 0 spiro atoms. The van der Waals surface area contributed by atoms with Crippen LogP contribution in [0, 0.1) is 0 Å². The van der Waals surface area contributed by atoms with E-state index in [0.29, 0.717) is 5.75 Å². The first kappa shape index (κ1) is 17.8. The third-order valence-corrected chi connectivity index (χ3v) is 5.65. The quantitative estimate of drug-likeness (QED) is 0.855. The van der Waals surface area contributed by atoms with E-state index in [0.717, 1.165) is 31.7 Å². The number of benzene rings is 1. The summed E-state index contributed by atoms with van der Waals surface area (Å²) in [6.07, 6.45) is 3.49. The largest absolute Gasteiger partial charge is 0.495 e. The van der Waals surface area contributed by atoms with Gasteiger partial charge >= 0.3 is 0 Å². The minimum absolute atomic E-state index is 0.0280. The molecule has 0 bridgehead atoms. The van der Waals surface area contributed by atoms with Gasteiger partial charge in [0, 0.05) is 13.1 Å². The molecular formula is C16H19ClN4O3S. The van der Waals surface area contributed by atoms with Crippen LogP contribution in [0.15, 0.2) is 35.2 Å². The van der Waals surface area contributed by atoms with Gasteiger partial charge < -0.3 is 9.64 Å². The maximum Gasteiger partial charge on any atom is 0.263 e. The Bertz CT molecular complexity index is 837. The zero-order valence-corrected chi connectivity index (χ0v) is 15.3. The average molecular weight is 383 g/mol. The lowest BCUT2D eigenvalue weighted by molar-refractivity contribution is 0.414. The smallest absolute Gasteiger partial charge is 0.263 e. The molecule has 2 aromatic rings. The van der Waals surface area contributed by atoms with Gasteiger partial charge in [-0.05, 0) is 49.6 Å². The second kappa shape index (κ2) is 7.45. The lowest BCUT2D eigenvalue weighted by Gasteiger charge is -2.27. The average Bonchev–Trinajstić information content (AvgIpc) is 2.62. The van der Waals surface area contributed by atoms with Crippen LogP contribution in [0.5, 0.6) is 5.75 Å². The fourth-order valence-corrected chi connectivity index (χ4v) is 4.03. The van der Waals surface area contributed by atoms with Crippen LogP contribution >= 0.6 is 11.6 Å². The van der Waals surface area contributed by atoms with Gasteiger partial charge in [0.2, 0.25) is 0 Å². The first-order valence-corrected chi connectivity index (χ1v) is 9.81. The van der Waals surface area contributed by atoms with Gasteiger partial charge in [-0.25, -0.2) is 8.42 Å². The minimum atomic E-state index is -3.80. The van der Waals surface area contributed by atoms with Gasteiger partial charge in [-0.15, -0.1) is 10.2 Å². The van der Waals surface area contributed by atoms with E-state index in [1.807, 2.05) is 0 Å². The highest BCUT2D eigenvalue weighted by atomic mass is 35.5. The molecule has 1 aliphatic rings. The number of halogens is 1. The van der Waals surface area contributed by atoms with E-state index in [9.17, 15) is 8.42 Å². The first-order chi connectivity index (χ1) is 12.0. The van der Waals surface area contributed by atoms with E-state index in [2.05, 4.69) is 19.8 Å². The molecule has 9 heteroatoms. The predicted molar refractivity (Wildman–Crippen MR) is 96.9 cm³/mol. The second-order valence-corrected chi connectivity index (χ2v) is 7.82. The highest BCUT2D eigenvalue weighted by Gasteiger charge is 2.18. The minimum Gasteiger partial charge on any atom is -0.495 e. The summed E-state index contributed by atoms with van der Waals surface area (Å²) in [4.78, 5) is 2.18. The van der Waals surface area contributed by atoms with E-state index in [-0.39, 0.29) is 15.7 Å². The molecule has 0 atom stereocenters. The van der Waals surface area contributed by atoms with Crippen LogP contribution in [0.4, 0.5) is 11.6 Å². The number of sulfonamides is 1. The Morgan fingerprint density at radius 3 is 2.48 bits per heavy atom. The van der Waals surface area contributed by atoms with Gasteiger partial charge in [-0.1, -0.05) is 11.6 Å². The van der Waals surface area contributed by atoms with Gasteiger partial charge in [0.1, 0.15) is 5.75 Å². The number of piperidine rings is 1.